The second-order valence-electron chi connectivity index (χ2n) is 6.03. The van der Waals surface area contributed by atoms with Crippen LogP contribution >= 0.6 is 0 Å². The van der Waals surface area contributed by atoms with E-state index in [2.05, 4.69) is 19.2 Å². The highest BCUT2D eigenvalue weighted by molar-refractivity contribution is 5.77. The summed E-state index contributed by atoms with van der Waals surface area (Å²) in [6, 6.07) is 7.33. The quantitative estimate of drug-likeness (QED) is 0.819. The van der Waals surface area contributed by atoms with Crippen molar-refractivity contribution in [2.24, 2.45) is 5.41 Å². The molecule has 1 fully saturated rings. The Bertz CT molecular complexity index is 440. The van der Waals surface area contributed by atoms with Gasteiger partial charge >= 0.3 is 0 Å². The largest absolute Gasteiger partial charge is 0.484 e. The second-order valence-corrected chi connectivity index (χ2v) is 6.03. The van der Waals surface area contributed by atoms with Gasteiger partial charge in [0, 0.05) is 11.7 Å². The summed E-state index contributed by atoms with van der Waals surface area (Å²) in [6.07, 6.45) is 3.26. The average molecular weight is 262 g/mol. The molecule has 0 saturated heterocycles. The summed E-state index contributed by atoms with van der Waals surface area (Å²) in [5.74, 6) is 0.607. The first-order chi connectivity index (χ1) is 8.94. The van der Waals surface area contributed by atoms with Gasteiger partial charge in [0.05, 0.1) is 0 Å². The van der Waals surface area contributed by atoms with E-state index >= 15 is 0 Å². The number of anilines is 1. The smallest absolute Gasteiger partial charge is 0.258 e. The lowest BCUT2D eigenvalue weighted by molar-refractivity contribution is -0.123. The SMILES string of the molecule is CC1(C)CCC(NC(=O)COc2ccc(N)cc2)C1. The van der Waals surface area contributed by atoms with E-state index in [-0.39, 0.29) is 18.6 Å². The van der Waals surface area contributed by atoms with Crippen molar-refractivity contribution in [1.82, 2.24) is 5.32 Å². The maximum atomic E-state index is 11.8. The Hall–Kier alpha value is -1.71. The molecular weight excluding hydrogens is 240 g/mol. The fourth-order valence-corrected chi connectivity index (χ4v) is 2.54. The highest BCUT2D eigenvalue weighted by Gasteiger charge is 2.31. The van der Waals surface area contributed by atoms with Gasteiger partial charge in [0.2, 0.25) is 0 Å². The molecule has 19 heavy (non-hydrogen) atoms. The molecular formula is C15H22N2O2. The number of nitrogens with one attached hydrogen (secondary N) is 1. The topological polar surface area (TPSA) is 64.3 Å². The number of carbonyl (C=O) groups is 1. The summed E-state index contributed by atoms with van der Waals surface area (Å²) in [6.45, 7) is 4.54. The summed E-state index contributed by atoms with van der Waals surface area (Å²) in [4.78, 5) is 11.8. The minimum Gasteiger partial charge on any atom is -0.484 e. The van der Waals surface area contributed by atoms with Crippen LogP contribution in [0.1, 0.15) is 33.1 Å². The highest BCUT2D eigenvalue weighted by Crippen LogP contribution is 2.36. The van der Waals surface area contributed by atoms with Crippen molar-refractivity contribution in [3.05, 3.63) is 24.3 Å². The molecule has 1 atom stereocenters. The van der Waals surface area contributed by atoms with E-state index in [1.165, 1.54) is 0 Å². The fraction of sp³-hybridized carbons (Fsp3) is 0.533. The maximum absolute atomic E-state index is 11.8. The number of carbonyl (C=O) groups excluding carboxylic acids is 1. The first-order valence-electron chi connectivity index (χ1n) is 6.72. The molecule has 4 nitrogen and oxygen atoms in total. The number of hydrogen-bond acceptors (Lipinski definition) is 3. The number of hydrogen-bond donors (Lipinski definition) is 2. The van der Waals surface area contributed by atoms with Crippen LogP contribution in [-0.2, 0) is 4.79 Å². The Balaban J connectivity index is 1.74. The van der Waals surface area contributed by atoms with Crippen molar-refractivity contribution in [2.75, 3.05) is 12.3 Å². The van der Waals surface area contributed by atoms with Crippen LogP contribution in [0, 0.1) is 5.41 Å². The molecule has 1 aliphatic carbocycles. The Labute approximate surface area is 114 Å². The van der Waals surface area contributed by atoms with Gasteiger partial charge in [-0.3, -0.25) is 4.79 Å². The van der Waals surface area contributed by atoms with Gasteiger partial charge in [0.1, 0.15) is 5.75 Å². The predicted molar refractivity (Wildman–Crippen MR) is 75.9 cm³/mol. The molecule has 1 saturated carbocycles. The van der Waals surface area contributed by atoms with Crippen molar-refractivity contribution < 1.29 is 9.53 Å². The zero-order chi connectivity index (χ0) is 13.9. The van der Waals surface area contributed by atoms with Crippen LogP contribution < -0.4 is 15.8 Å². The Morgan fingerprint density at radius 3 is 2.68 bits per heavy atom. The predicted octanol–water partition coefficient (Wildman–Crippen LogP) is 2.34. The standard InChI is InChI=1S/C15H22N2O2/c1-15(2)8-7-12(9-15)17-14(18)10-19-13-5-3-11(16)4-6-13/h3-6,12H,7-10,16H2,1-2H3,(H,17,18). The lowest BCUT2D eigenvalue weighted by Gasteiger charge is -2.18. The van der Waals surface area contributed by atoms with Crippen LogP contribution in [-0.4, -0.2) is 18.6 Å². The van der Waals surface area contributed by atoms with Crippen molar-refractivity contribution in [3.63, 3.8) is 0 Å². The first-order valence-corrected chi connectivity index (χ1v) is 6.72. The highest BCUT2D eigenvalue weighted by atomic mass is 16.5. The third kappa shape index (κ3) is 4.16. The maximum Gasteiger partial charge on any atom is 0.258 e. The Morgan fingerprint density at radius 2 is 2.11 bits per heavy atom. The molecule has 1 aromatic carbocycles. The van der Waals surface area contributed by atoms with Crippen LogP contribution in [0.4, 0.5) is 5.69 Å². The second kappa shape index (κ2) is 5.51. The summed E-state index contributed by atoms with van der Waals surface area (Å²) >= 11 is 0. The molecule has 0 heterocycles. The van der Waals surface area contributed by atoms with Crippen LogP contribution in [0.3, 0.4) is 0 Å². The molecule has 0 radical (unpaired) electrons. The minimum absolute atomic E-state index is 0.0560. The van der Waals surface area contributed by atoms with Crippen molar-refractivity contribution in [3.8, 4) is 5.75 Å². The lowest BCUT2D eigenvalue weighted by Crippen LogP contribution is -2.36. The van der Waals surface area contributed by atoms with Gasteiger partial charge in [-0.15, -0.1) is 0 Å². The molecule has 1 unspecified atom stereocenters. The van der Waals surface area contributed by atoms with Gasteiger partial charge in [0.25, 0.3) is 5.91 Å². The van der Waals surface area contributed by atoms with Gasteiger partial charge in [-0.2, -0.15) is 0 Å². The van der Waals surface area contributed by atoms with E-state index in [9.17, 15) is 4.79 Å². The summed E-state index contributed by atoms with van der Waals surface area (Å²) < 4.78 is 5.42. The normalized spacial score (nSPS) is 21.1. The van der Waals surface area contributed by atoms with Crippen LogP contribution in [0.25, 0.3) is 0 Å². The first kappa shape index (κ1) is 13.7. The van der Waals surface area contributed by atoms with Crippen LogP contribution in [0.2, 0.25) is 0 Å². The van der Waals surface area contributed by atoms with Gasteiger partial charge in [-0.05, 0) is 48.9 Å². The van der Waals surface area contributed by atoms with Crippen LogP contribution in [0.15, 0.2) is 24.3 Å². The average Bonchev–Trinajstić information content (AvgIpc) is 2.68. The zero-order valence-corrected chi connectivity index (χ0v) is 11.6. The van der Waals surface area contributed by atoms with E-state index in [0.717, 1.165) is 19.3 Å². The van der Waals surface area contributed by atoms with E-state index in [1.807, 2.05) is 0 Å². The van der Waals surface area contributed by atoms with Gasteiger partial charge in [-0.1, -0.05) is 13.8 Å². The number of nitrogens with two attached hydrogens (primary N) is 1. The molecule has 2 rings (SSSR count). The van der Waals surface area contributed by atoms with E-state index < -0.39 is 0 Å². The van der Waals surface area contributed by atoms with Gasteiger partial charge in [-0.25, -0.2) is 0 Å². The molecule has 104 valence electrons. The van der Waals surface area contributed by atoms with E-state index in [1.54, 1.807) is 24.3 Å². The van der Waals surface area contributed by atoms with E-state index in [4.69, 9.17) is 10.5 Å². The van der Waals surface area contributed by atoms with Gasteiger partial charge < -0.3 is 15.8 Å². The van der Waals surface area contributed by atoms with E-state index in [0.29, 0.717) is 16.9 Å². The zero-order valence-electron chi connectivity index (χ0n) is 11.6. The third-order valence-electron chi connectivity index (χ3n) is 3.58. The molecule has 4 heteroatoms. The molecule has 0 bridgehead atoms. The third-order valence-corrected chi connectivity index (χ3v) is 3.58. The molecule has 1 aromatic rings. The summed E-state index contributed by atoms with van der Waals surface area (Å²) in [5, 5.41) is 3.03. The summed E-state index contributed by atoms with van der Waals surface area (Å²) in [5.41, 5.74) is 6.61. The lowest BCUT2D eigenvalue weighted by atomic mass is 9.92. The minimum atomic E-state index is -0.0560. The molecule has 3 N–H and O–H groups in total. The molecule has 1 amide bonds. The number of ether oxygens (including phenoxy) is 1. The monoisotopic (exact) mass is 262 g/mol. The fourth-order valence-electron chi connectivity index (χ4n) is 2.54. The number of rotatable bonds is 4. The molecule has 0 spiro atoms. The van der Waals surface area contributed by atoms with Crippen molar-refractivity contribution in [1.29, 1.82) is 0 Å². The van der Waals surface area contributed by atoms with Gasteiger partial charge in [0.15, 0.2) is 6.61 Å². The van der Waals surface area contributed by atoms with Crippen LogP contribution in [0.5, 0.6) is 5.75 Å². The Morgan fingerprint density at radius 1 is 1.42 bits per heavy atom. The molecule has 0 aliphatic heterocycles. The number of benzene rings is 1. The Kier molecular flexibility index (Phi) is 3.98. The van der Waals surface area contributed by atoms with Crippen molar-refractivity contribution >= 4 is 11.6 Å². The number of amides is 1. The molecule has 0 aromatic heterocycles. The molecule has 1 aliphatic rings. The summed E-state index contributed by atoms with van der Waals surface area (Å²) in [7, 11) is 0. The number of nitrogen functional groups attached to an aromatic ring is 1. The van der Waals surface area contributed by atoms with Crippen molar-refractivity contribution in [2.45, 2.75) is 39.2 Å².